The molecule has 2 rings (SSSR count). The second-order valence-electron chi connectivity index (χ2n) is 3.98. The number of anilines is 2. The van der Waals surface area contributed by atoms with E-state index < -0.39 is 15.8 Å². The molecular weight excluding hydrogens is 269 g/mol. The van der Waals surface area contributed by atoms with Crippen LogP contribution < -0.4 is 10.5 Å². The van der Waals surface area contributed by atoms with Crippen molar-refractivity contribution < 1.29 is 12.8 Å². The first-order chi connectivity index (χ1) is 8.90. The van der Waals surface area contributed by atoms with Crippen molar-refractivity contribution in [3.8, 4) is 0 Å². The van der Waals surface area contributed by atoms with Crippen LogP contribution in [0.5, 0.6) is 0 Å². The minimum Gasteiger partial charge on any atom is -0.399 e. The molecule has 0 aliphatic rings. The molecule has 0 saturated heterocycles. The molecule has 0 aliphatic heterocycles. The Balaban J connectivity index is 2.38. The maximum Gasteiger partial charge on any atom is 0.261 e. The molecule has 0 radical (unpaired) electrons. The normalized spacial score (nSPS) is 11.3. The molecule has 1 aromatic carbocycles. The lowest BCUT2D eigenvalue weighted by Gasteiger charge is -2.09. The van der Waals surface area contributed by atoms with Gasteiger partial charge in [-0.1, -0.05) is 0 Å². The van der Waals surface area contributed by atoms with Crippen LogP contribution in [0.25, 0.3) is 0 Å². The van der Waals surface area contributed by atoms with Gasteiger partial charge in [-0.25, -0.2) is 12.8 Å². The lowest BCUT2D eigenvalue weighted by molar-refractivity contribution is 0.598. The molecule has 0 atom stereocenters. The molecule has 19 heavy (non-hydrogen) atoms. The van der Waals surface area contributed by atoms with Gasteiger partial charge in [0, 0.05) is 11.9 Å². The van der Waals surface area contributed by atoms with E-state index in [0.717, 1.165) is 6.20 Å². The van der Waals surface area contributed by atoms with Gasteiger partial charge in [0.2, 0.25) is 0 Å². The molecule has 0 saturated carbocycles. The van der Waals surface area contributed by atoms with Gasteiger partial charge in [-0.2, -0.15) is 0 Å². The van der Waals surface area contributed by atoms with Gasteiger partial charge < -0.3 is 5.73 Å². The molecule has 0 bridgehead atoms. The van der Waals surface area contributed by atoms with Gasteiger partial charge in [-0.15, -0.1) is 0 Å². The highest BCUT2D eigenvalue weighted by Gasteiger charge is 2.16. The zero-order valence-electron chi connectivity index (χ0n) is 10.1. The number of aromatic nitrogens is 1. The summed E-state index contributed by atoms with van der Waals surface area (Å²) in [7, 11) is -3.85. The monoisotopic (exact) mass is 281 g/mol. The van der Waals surface area contributed by atoms with Crippen LogP contribution in [0.1, 0.15) is 5.56 Å². The standard InChI is InChI=1S/C12H12FN3O2S/c1-8-6-9(2-3-11(8)14)19(17,18)16-12-4-5-15-7-10(12)13/h2-7H,14H2,1H3,(H,15,16). The van der Waals surface area contributed by atoms with E-state index in [2.05, 4.69) is 9.71 Å². The Bertz CT molecular complexity index is 717. The Labute approximate surface area is 110 Å². The summed E-state index contributed by atoms with van der Waals surface area (Å²) in [5.74, 6) is -0.738. The number of sulfonamides is 1. The first-order valence-corrected chi connectivity index (χ1v) is 6.87. The third kappa shape index (κ3) is 2.82. The van der Waals surface area contributed by atoms with Crippen LogP contribution in [0.4, 0.5) is 15.8 Å². The van der Waals surface area contributed by atoms with Gasteiger partial charge in [-0.3, -0.25) is 9.71 Å². The number of nitrogens with two attached hydrogens (primary N) is 1. The molecule has 5 nitrogen and oxygen atoms in total. The van der Waals surface area contributed by atoms with E-state index in [-0.39, 0.29) is 10.6 Å². The smallest absolute Gasteiger partial charge is 0.261 e. The number of rotatable bonds is 3. The van der Waals surface area contributed by atoms with Gasteiger partial charge in [0.1, 0.15) is 0 Å². The van der Waals surface area contributed by atoms with Crippen molar-refractivity contribution in [3.05, 3.63) is 48.0 Å². The van der Waals surface area contributed by atoms with Gasteiger partial charge in [0.25, 0.3) is 10.0 Å². The highest BCUT2D eigenvalue weighted by molar-refractivity contribution is 7.92. The number of nitrogen functional groups attached to an aromatic ring is 1. The van der Waals surface area contributed by atoms with Crippen LogP contribution in [0.2, 0.25) is 0 Å². The average Bonchev–Trinajstić information content (AvgIpc) is 2.35. The van der Waals surface area contributed by atoms with E-state index >= 15 is 0 Å². The number of nitrogens with one attached hydrogen (secondary N) is 1. The number of hydrogen-bond donors (Lipinski definition) is 2. The molecule has 1 heterocycles. The lowest BCUT2D eigenvalue weighted by atomic mass is 10.2. The first kappa shape index (κ1) is 13.3. The van der Waals surface area contributed by atoms with Crippen molar-refractivity contribution in [1.29, 1.82) is 0 Å². The highest BCUT2D eigenvalue weighted by atomic mass is 32.2. The summed E-state index contributed by atoms with van der Waals surface area (Å²) in [6.45, 7) is 1.70. The average molecular weight is 281 g/mol. The Hall–Kier alpha value is -2.15. The molecule has 0 aliphatic carbocycles. The van der Waals surface area contributed by atoms with Gasteiger partial charge in [-0.05, 0) is 36.8 Å². The maximum absolute atomic E-state index is 13.4. The zero-order chi connectivity index (χ0) is 14.0. The topological polar surface area (TPSA) is 85.1 Å². The van der Waals surface area contributed by atoms with Crippen LogP contribution in [-0.2, 0) is 10.0 Å². The predicted octanol–water partition coefficient (Wildman–Crippen LogP) is 1.91. The van der Waals surface area contributed by atoms with Crippen molar-refractivity contribution in [2.75, 3.05) is 10.5 Å². The SMILES string of the molecule is Cc1cc(S(=O)(=O)Nc2ccncc2F)ccc1N. The highest BCUT2D eigenvalue weighted by Crippen LogP contribution is 2.21. The van der Waals surface area contributed by atoms with Gasteiger partial charge in [0.15, 0.2) is 5.82 Å². The fourth-order valence-electron chi connectivity index (χ4n) is 1.48. The van der Waals surface area contributed by atoms with Gasteiger partial charge in [0.05, 0.1) is 16.8 Å². The van der Waals surface area contributed by atoms with Gasteiger partial charge >= 0.3 is 0 Å². The van der Waals surface area contributed by atoms with E-state index in [1.165, 1.54) is 30.5 Å². The summed E-state index contributed by atoms with van der Waals surface area (Å²) in [4.78, 5) is 3.57. The molecular formula is C12H12FN3O2S. The fourth-order valence-corrected chi connectivity index (χ4v) is 2.63. The molecule has 7 heteroatoms. The van der Waals surface area contributed by atoms with Crippen LogP contribution in [0.15, 0.2) is 41.6 Å². The summed E-state index contributed by atoms with van der Waals surface area (Å²) >= 11 is 0. The number of aryl methyl sites for hydroxylation is 1. The summed E-state index contributed by atoms with van der Waals surface area (Å²) in [5, 5.41) is 0. The van der Waals surface area contributed by atoms with Crippen molar-refractivity contribution in [2.24, 2.45) is 0 Å². The van der Waals surface area contributed by atoms with Crippen LogP contribution in [-0.4, -0.2) is 13.4 Å². The summed E-state index contributed by atoms with van der Waals surface area (Å²) in [6, 6.07) is 5.53. The molecule has 2 aromatic rings. The van der Waals surface area contributed by atoms with Crippen molar-refractivity contribution >= 4 is 21.4 Å². The maximum atomic E-state index is 13.4. The van der Waals surface area contributed by atoms with E-state index in [0.29, 0.717) is 11.3 Å². The minimum absolute atomic E-state index is 0.0235. The summed E-state index contributed by atoms with van der Waals surface area (Å²) in [5.41, 5.74) is 6.61. The summed E-state index contributed by atoms with van der Waals surface area (Å²) < 4.78 is 39.7. The Morgan fingerprint density at radius 3 is 2.68 bits per heavy atom. The van der Waals surface area contributed by atoms with Crippen LogP contribution in [0, 0.1) is 12.7 Å². The summed E-state index contributed by atoms with van der Waals surface area (Å²) in [6.07, 6.45) is 2.24. The third-order valence-electron chi connectivity index (χ3n) is 2.57. The molecule has 0 amide bonds. The van der Waals surface area contributed by atoms with Crippen molar-refractivity contribution in [3.63, 3.8) is 0 Å². The van der Waals surface area contributed by atoms with E-state index in [1.807, 2.05) is 0 Å². The number of benzene rings is 1. The zero-order valence-corrected chi connectivity index (χ0v) is 10.9. The molecule has 0 unspecified atom stereocenters. The van der Waals surface area contributed by atoms with E-state index in [1.54, 1.807) is 6.92 Å². The van der Waals surface area contributed by atoms with Crippen LogP contribution in [0.3, 0.4) is 0 Å². The lowest BCUT2D eigenvalue weighted by Crippen LogP contribution is -2.14. The second kappa shape index (κ2) is 4.85. The molecule has 3 N–H and O–H groups in total. The predicted molar refractivity (Wildman–Crippen MR) is 70.6 cm³/mol. The number of pyridine rings is 1. The number of hydrogen-bond acceptors (Lipinski definition) is 4. The van der Waals surface area contributed by atoms with E-state index in [4.69, 9.17) is 5.73 Å². The van der Waals surface area contributed by atoms with Crippen molar-refractivity contribution in [2.45, 2.75) is 11.8 Å². The number of halogens is 1. The molecule has 100 valence electrons. The Morgan fingerprint density at radius 2 is 2.05 bits per heavy atom. The number of nitrogens with zero attached hydrogens (tertiary/aromatic N) is 1. The molecule has 1 aromatic heterocycles. The van der Waals surface area contributed by atoms with Crippen LogP contribution >= 0.6 is 0 Å². The van der Waals surface area contributed by atoms with E-state index in [9.17, 15) is 12.8 Å². The first-order valence-electron chi connectivity index (χ1n) is 5.38. The Morgan fingerprint density at radius 1 is 1.32 bits per heavy atom. The molecule has 0 fully saturated rings. The largest absolute Gasteiger partial charge is 0.399 e. The van der Waals surface area contributed by atoms with Crippen molar-refractivity contribution in [1.82, 2.24) is 4.98 Å². The third-order valence-corrected chi connectivity index (χ3v) is 3.93. The second-order valence-corrected chi connectivity index (χ2v) is 5.66. The minimum atomic E-state index is -3.85. The quantitative estimate of drug-likeness (QED) is 0.842. The fraction of sp³-hybridized carbons (Fsp3) is 0.0833. The Kier molecular flexibility index (Phi) is 3.39. The molecule has 0 spiro atoms.